The van der Waals surface area contributed by atoms with E-state index in [-0.39, 0.29) is 12.7 Å². The summed E-state index contributed by atoms with van der Waals surface area (Å²) in [6.07, 6.45) is 0. The van der Waals surface area contributed by atoms with Crippen LogP contribution in [0.25, 0.3) is 0 Å². The number of nitrogens with one attached hydrogen (secondary N) is 1. The van der Waals surface area contributed by atoms with E-state index in [4.69, 9.17) is 21.1 Å². The lowest BCUT2D eigenvalue weighted by Crippen LogP contribution is -2.26. The van der Waals surface area contributed by atoms with Gasteiger partial charge in [0.2, 0.25) is 12.7 Å². The number of fused-ring (bicyclic) bond motifs is 1. The van der Waals surface area contributed by atoms with Crippen molar-refractivity contribution in [3.63, 3.8) is 0 Å². The van der Waals surface area contributed by atoms with Crippen LogP contribution in [0.3, 0.4) is 0 Å². The molecule has 1 atom stereocenters. The first-order chi connectivity index (χ1) is 10.2. The molecule has 2 aromatic rings. The normalized spacial score (nSPS) is 13.8. The minimum absolute atomic E-state index is 0.222. The van der Waals surface area contributed by atoms with E-state index in [1.807, 2.05) is 48.5 Å². The highest BCUT2D eigenvalue weighted by Crippen LogP contribution is 2.32. The van der Waals surface area contributed by atoms with E-state index in [1.165, 1.54) is 0 Å². The van der Waals surface area contributed by atoms with Crippen LogP contribution < -0.4 is 14.8 Å². The van der Waals surface area contributed by atoms with E-state index < -0.39 is 5.38 Å². The van der Waals surface area contributed by atoms with Gasteiger partial charge in [0.1, 0.15) is 5.38 Å². The Morgan fingerprint density at radius 1 is 1.14 bits per heavy atom. The fourth-order valence-electron chi connectivity index (χ4n) is 2.10. The second kappa shape index (κ2) is 6.06. The Morgan fingerprint density at radius 3 is 2.71 bits per heavy atom. The van der Waals surface area contributed by atoms with E-state index in [2.05, 4.69) is 5.32 Å². The highest BCUT2D eigenvalue weighted by Gasteiger charge is 2.18. The molecule has 0 bridgehead atoms. The number of ether oxygens (including phenoxy) is 2. The smallest absolute Gasteiger partial charge is 0.242 e. The summed E-state index contributed by atoms with van der Waals surface area (Å²) in [4.78, 5) is 12.1. The van der Waals surface area contributed by atoms with Crippen molar-refractivity contribution in [2.24, 2.45) is 0 Å². The molecule has 1 heterocycles. The van der Waals surface area contributed by atoms with Gasteiger partial charge in [-0.1, -0.05) is 36.4 Å². The molecule has 1 aliphatic rings. The number of halogens is 1. The Balaban J connectivity index is 1.61. The predicted molar refractivity (Wildman–Crippen MR) is 79.4 cm³/mol. The van der Waals surface area contributed by atoms with Gasteiger partial charge in [-0.25, -0.2) is 0 Å². The van der Waals surface area contributed by atoms with E-state index in [9.17, 15) is 4.79 Å². The Bertz CT molecular complexity index is 645. The van der Waals surface area contributed by atoms with Gasteiger partial charge >= 0.3 is 0 Å². The summed E-state index contributed by atoms with van der Waals surface area (Å²) >= 11 is 6.16. The van der Waals surface area contributed by atoms with Crippen LogP contribution in [-0.4, -0.2) is 12.7 Å². The summed E-state index contributed by atoms with van der Waals surface area (Å²) in [5.74, 6) is 1.21. The monoisotopic (exact) mass is 303 g/mol. The van der Waals surface area contributed by atoms with Crippen LogP contribution in [0.4, 0.5) is 0 Å². The average molecular weight is 304 g/mol. The lowest BCUT2D eigenvalue weighted by molar-refractivity contribution is -0.121. The summed E-state index contributed by atoms with van der Waals surface area (Å²) in [5, 5.41) is 2.13. The van der Waals surface area contributed by atoms with Crippen molar-refractivity contribution in [1.29, 1.82) is 0 Å². The first-order valence-electron chi connectivity index (χ1n) is 6.59. The minimum atomic E-state index is -0.694. The van der Waals surface area contributed by atoms with Crippen LogP contribution in [-0.2, 0) is 11.3 Å². The Hall–Kier alpha value is -2.20. The topological polar surface area (TPSA) is 47.6 Å². The summed E-state index contributed by atoms with van der Waals surface area (Å²) < 4.78 is 10.5. The fraction of sp³-hybridized carbons (Fsp3) is 0.188. The van der Waals surface area contributed by atoms with Gasteiger partial charge in [-0.3, -0.25) is 4.79 Å². The molecule has 1 unspecified atom stereocenters. The largest absolute Gasteiger partial charge is 0.454 e. The van der Waals surface area contributed by atoms with E-state index >= 15 is 0 Å². The summed E-state index contributed by atoms with van der Waals surface area (Å²) in [5.41, 5.74) is 1.71. The molecular formula is C16H14ClNO3. The summed E-state index contributed by atoms with van der Waals surface area (Å²) in [7, 11) is 0. The molecule has 0 radical (unpaired) electrons. The maximum absolute atomic E-state index is 12.1. The second-order valence-corrected chi connectivity index (χ2v) is 5.12. The van der Waals surface area contributed by atoms with Gasteiger partial charge < -0.3 is 14.8 Å². The highest BCUT2D eigenvalue weighted by molar-refractivity contribution is 6.30. The van der Waals surface area contributed by atoms with Crippen LogP contribution in [0.5, 0.6) is 11.5 Å². The number of hydrogen-bond donors (Lipinski definition) is 1. The first-order valence-corrected chi connectivity index (χ1v) is 7.03. The first kappa shape index (κ1) is 13.8. The van der Waals surface area contributed by atoms with Crippen molar-refractivity contribution < 1.29 is 14.3 Å². The van der Waals surface area contributed by atoms with Crippen LogP contribution in [0.2, 0.25) is 0 Å². The Labute approximate surface area is 127 Å². The third-order valence-electron chi connectivity index (χ3n) is 3.23. The van der Waals surface area contributed by atoms with Crippen molar-refractivity contribution in [3.05, 3.63) is 59.7 Å². The standard InChI is InChI=1S/C16H14ClNO3/c17-15(12-4-2-1-3-5-12)16(19)18-9-11-6-7-13-14(8-11)21-10-20-13/h1-8,15H,9-10H2,(H,18,19). The van der Waals surface area contributed by atoms with Gasteiger partial charge in [0.25, 0.3) is 0 Å². The van der Waals surface area contributed by atoms with Gasteiger partial charge in [0.15, 0.2) is 11.5 Å². The molecule has 0 aromatic heterocycles. The number of rotatable bonds is 4. The number of carbonyl (C=O) groups excluding carboxylic acids is 1. The number of amides is 1. The lowest BCUT2D eigenvalue weighted by Gasteiger charge is -2.11. The molecule has 0 spiro atoms. The van der Waals surface area contributed by atoms with Gasteiger partial charge in [0.05, 0.1) is 0 Å². The van der Waals surface area contributed by atoms with Crippen LogP contribution in [0.1, 0.15) is 16.5 Å². The Morgan fingerprint density at radius 2 is 1.90 bits per heavy atom. The third-order valence-corrected chi connectivity index (χ3v) is 3.68. The molecule has 0 saturated carbocycles. The third kappa shape index (κ3) is 3.11. The molecule has 3 rings (SSSR count). The molecule has 5 heteroatoms. The molecule has 4 nitrogen and oxygen atoms in total. The van der Waals surface area contributed by atoms with Crippen molar-refractivity contribution >= 4 is 17.5 Å². The van der Waals surface area contributed by atoms with Crippen LogP contribution in [0, 0.1) is 0 Å². The zero-order valence-corrected chi connectivity index (χ0v) is 12.0. The summed E-state index contributed by atoms with van der Waals surface area (Å²) in [6, 6.07) is 14.8. The number of benzene rings is 2. The summed E-state index contributed by atoms with van der Waals surface area (Å²) in [6.45, 7) is 0.633. The highest BCUT2D eigenvalue weighted by atomic mass is 35.5. The molecular weight excluding hydrogens is 290 g/mol. The van der Waals surface area contributed by atoms with Gasteiger partial charge in [-0.05, 0) is 23.3 Å². The van der Waals surface area contributed by atoms with Crippen LogP contribution in [0.15, 0.2) is 48.5 Å². The van der Waals surface area contributed by atoms with E-state index in [0.717, 1.165) is 16.9 Å². The van der Waals surface area contributed by atoms with Crippen molar-refractivity contribution in [1.82, 2.24) is 5.32 Å². The average Bonchev–Trinajstić information content (AvgIpc) is 3.00. The molecule has 1 aliphatic heterocycles. The van der Waals surface area contributed by atoms with Gasteiger partial charge in [0, 0.05) is 6.54 Å². The van der Waals surface area contributed by atoms with Crippen molar-refractivity contribution in [2.45, 2.75) is 11.9 Å². The molecule has 1 N–H and O–H groups in total. The number of hydrogen-bond acceptors (Lipinski definition) is 3. The van der Waals surface area contributed by atoms with Crippen molar-refractivity contribution in [2.75, 3.05) is 6.79 Å². The minimum Gasteiger partial charge on any atom is -0.454 e. The maximum Gasteiger partial charge on any atom is 0.242 e. The van der Waals surface area contributed by atoms with Crippen LogP contribution >= 0.6 is 11.6 Å². The molecule has 0 saturated heterocycles. The zero-order chi connectivity index (χ0) is 14.7. The quantitative estimate of drug-likeness (QED) is 0.883. The number of alkyl halides is 1. The molecule has 108 valence electrons. The fourth-order valence-corrected chi connectivity index (χ4v) is 2.33. The van der Waals surface area contributed by atoms with E-state index in [1.54, 1.807) is 0 Å². The van der Waals surface area contributed by atoms with Crippen molar-refractivity contribution in [3.8, 4) is 11.5 Å². The SMILES string of the molecule is O=C(NCc1ccc2c(c1)OCO2)C(Cl)c1ccccc1. The molecule has 0 aliphatic carbocycles. The Kier molecular flexibility index (Phi) is 3.97. The maximum atomic E-state index is 12.1. The second-order valence-electron chi connectivity index (χ2n) is 4.68. The molecule has 1 amide bonds. The van der Waals surface area contributed by atoms with Gasteiger partial charge in [-0.2, -0.15) is 0 Å². The zero-order valence-electron chi connectivity index (χ0n) is 11.2. The molecule has 0 fully saturated rings. The molecule has 2 aromatic carbocycles. The lowest BCUT2D eigenvalue weighted by atomic mass is 10.1. The predicted octanol–water partition coefficient (Wildman–Crippen LogP) is 3.01. The molecule has 21 heavy (non-hydrogen) atoms. The van der Waals surface area contributed by atoms with Gasteiger partial charge in [-0.15, -0.1) is 11.6 Å². The van der Waals surface area contributed by atoms with E-state index in [0.29, 0.717) is 12.3 Å². The number of carbonyl (C=O) groups is 1.